The van der Waals surface area contributed by atoms with Crippen LogP contribution in [0, 0.1) is 0 Å². The van der Waals surface area contributed by atoms with Crippen LogP contribution in [0.5, 0.6) is 5.75 Å². The van der Waals surface area contributed by atoms with Gasteiger partial charge in [0.2, 0.25) is 0 Å². The van der Waals surface area contributed by atoms with Crippen molar-refractivity contribution in [2.24, 2.45) is 0 Å². The van der Waals surface area contributed by atoms with E-state index in [9.17, 15) is 0 Å². The van der Waals surface area contributed by atoms with Gasteiger partial charge < -0.3 is 10.1 Å². The van der Waals surface area contributed by atoms with Gasteiger partial charge in [-0.2, -0.15) is 0 Å². The molecule has 0 radical (unpaired) electrons. The molecule has 2 nitrogen and oxygen atoms in total. The number of benzene rings is 1. The summed E-state index contributed by atoms with van der Waals surface area (Å²) in [4.78, 5) is 0. The van der Waals surface area contributed by atoms with Crippen LogP contribution in [0.2, 0.25) is 0 Å². The Kier molecular flexibility index (Phi) is 6.71. The van der Waals surface area contributed by atoms with Crippen molar-refractivity contribution in [2.75, 3.05) is 14.2 Å². The van der Waals surface area contributed by atoms with Crippen LogP contribution < -0.4 is 10.1 Å². The van der Waals surface area contributed by atoms with Crippen LogP contribution in [0.1, 0.15) is 38.2 Å². The van der Waals surface area contributed by atoms with Crippen molar-refractivity contribution >= 4 is 0 Å². The molecule has 0 fully saturated rings. The fourth-order valence-corrected chi connectivity index (χ4v) is 2.23. The Balaban J connectivity index is 2.39. The minimum atomic E-state index is 0.662. The molecule has 0 heterocycles. The largest absolute Gasteiger partial charge is 0.496 e. The van der Waals surface area contributed by atoms with Crippen LogP contribution in [-0.2, 0) is 6.42 Å². The average Bonchev–Trinajstić information content (AvgIpc) is 2.38. The van der Waals surface area contributed by atoms with E-state index in [-0.39, 0.29) is 0 Å². The maximum absolute atomic E-state index is 5.36. The van der Waals surface area contributed by atoms with E-state index in [0.717, 1.165) is 12.2 Å². The molecule has 0 saturated heterocycles. The van der Waals surface area contributed by atoms with Crippen molar-refractivity contribution in [3.63, 3.8) is 0 Å². The lowest BCUT2D eigenvalue weighted by Crippen LogP contribution is -2.24. The van der Waals surface area contributed by atoms with Crippen LogP contribution in [0.15, 0.2) is 24.3 Å². The monoisotopic (exact) mass is 235 g/mol. The van der Waals surface area contributed by atoms with Gasteiger partial charge in [0, 0.05) is 6.04 Å². The summed E-state index contributed by atoms with van der Waals surface area (Å²) in [5.41, 5.74) is 1.32. The zero-order valence-corrected chi connectivity index (χ0v) is 11.3. The van der Waals surface area contributed by atoms with Gasteiger partial charge in [-0.1, -0.05) is 31.5 Å². The molecular formula is C15H25NO. The predicted octanol–water partition coefficient (Wildman–Crippen LogP) is 3.41. The third-order valence-corrected chi connectivity index (χ3v) is 3.24. The van der Waals surface area contributed by atoms with Crippen molar-refractivity contribution in [1.82, 2.24) is 5.32 Å². The van der Waals surface area contributed by atoms with Crippen LogP contribution in [0.25, 0.3) is 0 Å². The molecule has 0 aliphatic carbocycles. The summed E-state index contributed by atoms with van der Waals surface area (Å²) in [6, 6.07) is 8.97. The molecule has 0 aliphatic heterocycles. The van der Waals surface area contributed by atoms with Gasteiger partial charge in [0.25, 0.3) is 0 Å². The molecule has 2 heteroatoms. The SMILES string of the molecule is CCCC(CCCc1ccccc1OC)NC. The Labute approximate surface area is 105 Å². The summed E-state index contributed by atoms with van der Waals surface area (Å²) >= 11 is 0. The molecule has 1 aromatic rings. The molecule has 1 N–H and O–H groups in total. The highest BCUT2D eigenvalue weighted by Gasteiger charge is 2.06. The van der Waals surface area contributed by atoms with E-state index in [2.05, 4.69) is 31.4 Å². The summed E-state index contributed by atoms with van der Waals surface area (Å²) in [6.07, 6.45) is 6.07. The Morgan fingerprint density at radius 2 is 2.00 bits per heavy atom. The Bertz CT molecular complexity index is 312. The first-order chi connectivity index (χ1) is 8.31. The standard InChI is InChI=1S/C15H25NO/c1-4-8-14(16-2)11-7-10-13-9-5-6-12-15(13)17-3/h5-6,9,12,14,16H,4,7-8,10-11H2,1-3H3. The zero-order valence-electron chi connectivity index (χ0n) is 11.3. The molecule has 1 atom stereocenters. The normalized spacial score (nSPS) is 12.4. The first-order valence-corrected chi connectivity index (χ1v) is 6.61. The molecule has 0 bridgehead atoms. The number of nitrogens with one attached hydrogen (secondary N) is 1. The summed E-state index contributed by atoms with van der Waals surface area (Å²) in [6.45, 7) is 2.24. The molecule has 0 aromatic heterocycles. The number of aryl methyl sites for hydroxylation is 1. The van der Waals surface area contributed by atoms with Crippen LogP contribution in [0.4, 0.5) is 0 Å². The number of hydrogen-bond donors (Lipinski definition) is 1. The smallest absolute Gasteiger partial charge is 0.122 e. The topological polar surface area (TPSA) is 21.3 Å². The first-order valence-electron chi connectivity index (χ1n) is 6.61. The van der Waals surface area contributed by atoms with Crippen molar-refractivity contribution in [3.05, 3.63) is 29.8 Å². The second kappa shape index (κ2) is 8.13. The van der Waals surface area contributed by atoms with Crippen LogP contribution in [-0.4, -0.2) is 20.2 Å². The van der Waals surface area contributed by atoms with Crippen molar-refractivity contribution in [1.29, 1.82) is 0 Å². The highest BCUT2D eigenvalue weighted by molar-refractivity contribution is 5.33. The summed E-state index contributed by atoms with van der Waals surface area (Å²) < 4.78 is 5.36. The zero-order chi connectivity index (χ0) is 12.5. The maximum atomic E-state index is 5.36. The molecule has 0 saturated carbocycles. The number of hydrogen-bond acceptors (Lipinski definition) is 2. The molecule has 0 spiro atoms. The molecule has 1 rings (SSSR count). The van der Waals surface area contributed by atoms with Gasteiger partial charge in [0.05, 0.1) is 7.11 Å². The van der Waals surface area contributed by atoms with E-state index in [0.29, 0.717) is 6.04 Å². The fraction of sp³-hybridized carbons (Fsp3) is 0.600. The molecule has 96 valence electrons. The van der Waals surface area contributed by atoms with E-state index < -0.39 is 0 Å². The highest BCUT2D eigenvalue weighted by atomic mass is 16.5. The van der Waals surface area contributed by atoms with Gasteiger partial charge in [-0.3, -0.25) is 0 Å². The Hall–Kier alpha value is -1.02. The van der Waals surface area contributed by atoms with Crippen LogP contribution in [0.3, 0.4) is 0 Å². The number of para-hydroxylation sites is 1. The van der Waals surface area contributed by atoms with Gasteiger partial charge in [-0.05, 0) is 44.4 Å². The lowest BCUT2D eigenvalue weighted by Gasteiger charge is -2.15. The first kappa shape index (κ1) is 14.0. The second-order valence-corrected chi connectivity index (χ2v) is 4.48. The Morgan fingerprint density at radius 1 is 1.24 bits per heavy atom. The fourth-order valence-electron chi connectivity index (χ4n) is 2.23. The van der Waals surface area contributed by atoms with E-state index in [1.54, 1.807) is 7.11 Å². The summed E-state index contributed by atoms with van der Waals surface area (Å²) in [5.74, 6) is 1.02. The van der Waals surface area contributed by atoms with Crippen molar-refractivity contribution < 1.29 is 4.74 Å². The molecule has 17 heavy (non-hydrogen) atoms. The van der Waals surface area contributed by atoms with Crippen LogP contribution >= 0.6 is 0 Å². The Morgan fingerprint density at radius 3 is 2.65 bits per heavy atom. The van der Waals surface area contributed by atoms with Crippen molar-refractivity contribution in [2.45, 2.75) is 45.1 Å². The molecule has 0 aliphatic rings. The van der Waals surface area contributed by atoms with Gasteiger partial charge >= 0.3 is 0 Å². The number of methoxy groups -OCH3 is 1. The average molecular weight is 235 g/mol. The summed E-state index contributed by atoms with van der Waals surface area (Å²) in [5, 5.41) is 3.39. The predicted molar refractivity (Wildman–Crippen MR) is 73.7 cm³/mol. The second-order valence-electron chi connectivity index (χ2n) is 4.48. The minimum absolute atomic E-state index is 0.662. The van der Waals surface area contributed by atoms with E-state index in [4.69, 9.17) is 4.74 Å². The number of ether oxygens (including phenoxy) is 1. The molecular weight excluding hydrogens is 210 g/mol. The van der Waals surface area contributed by atoms with Crippen molar-refractivity contribution in [3.8, 4) is 5.75 Å². The molecule has 0 amide bonds. The van der Waals surface area contributed by atoms with Gasteiger partial charge in [0.15, 0.2) is 0 Å². The quantitative estimate of drug-likeness (QED) is 0.745. The van der Waals surface area contributed by atoms with Gasteiger partial charge in [-0.25, -0.2) is 0 Å². The summed E-state index contributed by atoms with van der Waals surface area (Å²) in [7, 11) is 3.80. The van der Waals surface area contributed by atoms with E-state index in [1.165, 1.54) is 31.2 Å². The third-order valence-electron chi connectivity index (χ3n) is 3.24. The molecule has 1 aromatic carbocycles. The lowest BCUT2D eigenvalue weighted by molar-refractivity contribution is 0.407. The number of rotatable bonds is 8. The van der Waals surface area contributed by atoms with E-state index >= 15 is 0 Å². The van der Waals surface area contributed by atoms with E-state index in [1.807, 2.05) is 12.1 Å². The highest BCUT2D eigenvalue weighted by Crippen LogP contribution is 2.20. The van der Waals surface area contributed by atoms with Gasteiger partial charge in [0.1, 0.15) is 5.75 Å². The lowest BCUT2D eigenvalue weighted by atomic mass is 10.0. The minimum Gasteiger partial charge on any atom is -0.496 e. The van der Waals surface area contributed by atoms with Gasteiger partial charge in [-0.15, -0.1) is 0 Å². The third kappa shape index (κ3) is 4.78. The molecule has 1 unspecified atom stereocenters. The maximum Gasteiger partial charge on any atom is 0.122 e.